The van der Waals surface area contributed by atoms with Crippen molar-refractivity contribution < 1.29 is 9.53 Å². The van der Waals surface area contributed by atoms with Crippen molar-refractivity contribution in [3.8, 4) is 0 Å². The molecule has 1 aliphatic rings. The lowest BCUT2D eigenvalue weighted by molar-refractivity contribution is -0.116. The highest BCUT2D eigenvalue weighted by Gasteiger charge is 2.09. The standard InChI is InChI=1S/C19H28N2O2/c1-16(2)18-7-4-17(5-8-18)6-9-19(22)20-10-3-11-21-12-14-23-15-13-21/h4-9,16H,3,10-15H2,1-2H3,(H,20,22). The Morgan fingerprint density at radius 1 is 1.26 bits per heavy atom. The molecule has 1 heterocycles. The number of nitrogens with zero attached hydrogens (tertiary/aromatic N) is 1. The number of benzene rings is 1. The van der Waals surface area contributed by atoms with Gasteiger partial charge in [0.1, 0.15) is 0 Å². The van der Waals surface area contributed by atoms with Crippen molar-refractivity contribution in [1.82, 2.24) is 10.2 Å². The van der Waals surface area contributed by atoms with Crippen LogP contribution in [0.5, 0.6) is 0 Å². The van der Waals surface area contributed by atoms with E-state index >= 15 is 0 Å². The predicted molar refractivity (Wildman–Crippen MR) is 94.5 cm³/mol. The highest BCUT2D eigenvalue weighted by Crippen LogP contribution is 2.15. The molecule has 4 heteroatoms. The van der Waals surface area contributed by atoms with E-state index in [0.29, 0.717) is 12.5 Å². The first-order chi connectivity index (χ1) is 11.1. The number of amides is 1. The molecular formula is C19H28N2O2. The number of hydrogen-bond donors (Lipinski definition) is 1. The molecular weight excluding hydrogens is 288 g/mol. The van der Waals surface area contributed by atoms with Gasteiger partial charge in [-0.05, 0) is 36.1 Å². The van der Waals surface area contributed by atoms with Gasteiger partial charge >= 0.3 is 0 Å². The fourth-order valence-corrected chi connectivity index (χ4v) is 2.56. The van der Waals surface area contributed by atoms with Crippen molar-refractivity contribution in [3.05, 3.63) is 41.5 Å². The second-order valence-electron chi connectivity index (χ2n) is 6.25. The van der Waals surface area contributed by atoms with Gasteiger partial charge in [-0.1, -0.05) is 38.1 Å². The van der Waals surface area contributed by atoms with Gasteiger partial charge in [-0.2, -0.15) is 0 Å². The lowest BCUT2D eigenvalue weighted by Crippen LogP contribution is -2.38. The Labute approximate surface area is 139 Å². The van der Waals surface area contributed by atoms with Crippen LogP contribution in [0.2, 0.25) is 0 Å². The molecule has 0 radical (unpaired) electrons. The largest absolute Gasteiger partial charge is 0.379 e. The molecule has 0 saturated carbocycles. The van der Waals surface area contributed by atoms with Gasteiger partial charge in [-0.25, -0.2) is 0 Å². The number of ether oxygens (including phenoxy) is 1. The molecule has 1 amide bonds. The van der Waals surface area contributed by atoms with Crippen LogP contribution < -0.4 is 5.32 Å². The van der Waals surface area contributed by atoms with Crippen LogP contribution in [0.1, 0.15) is 37.3 Å². The van der Waals surface area contributed by atoms with Crippen LogP contribution in [0.4, 0.5) is 0 Å². The number of carbonyl (C=O) groups excluding carboxylic acids is 1. The summed E-state index contributed by atoms with van der Waals surface area (Å²) in [5.74, 6) is 0.503. The summed E-state index contributed by atoms with van der Waals surface area (Å²) in [6.45, 7) is 9.73. The van der Waals surface area contributed by atoms with E-state index in [9.17, 15) is 4.79 Å². The summed E-state index contributed by atoms with van der Waals surface area (Å²) in [7, 11) is 0. The van der Waals surface area contributed by atoms with E-state index < -0.39 is 0 Å². The highest BCUT2D eigenvalue weighted by atomic mass is 16.5. The fourth-order valence-electron chi connectivity index (χ4n) is 2.56. The van der Waals surface area contributed by atoms with Crippen LogP contribution in [-0.2, 0) is 9.53 Å². The molecule has 1 fully saturated rings. The third-order valence-corrected chi connectivity index (χ3v) is 4.08. The maximum absolute atomic E-state index is 11.8. The van der Waals surface area contributed by atoms with Gasteiger partial charge in [0, 0.05) is 25.7 Å². The zero-order chi connectivity index (χ0) is 16.5. The van der Waals surface area contributed by atoms with E-state index in [1.807, 2.05) is 6.08 Å². The van der Waals surface area contributed by atoms with Gasteiger partial charge in [-0.3, -0.25) is 9.69 Å². The van der Waals surface area contributed by atoms with E-state index in [2.05, 4.69) is 48.3 Å². The molecule has 1 saturated heterocycles. The summed E-state index contributed by atoms with van der Waals surface area (Å²) in [6.07, 6.45) is 4.45. The SMILES string of the molecule is CC(C)c1ccc(C=CC(=O)NCCCN2CCOCC2)cc1. The quantitative estimate of drug-likeness (QED) is 0.621. The first-order valence-corrected chi connectivity index (χ1v) is 8.51. The minimum absolute atomic E-state index is 0.0279. The maximum atomic E-state index is 11.8. The Morgan fingerprint density at radius 2 is 1.96 bits per heavy atom. The molecule has 0 aliphatic carbocycles. The monoisotopic (exact) mass is 316 g/mol. The molecule has 0 unspecified atom stereocenters. The van der Waals surface area contributed by atoms with Crippen LogP contribution in [0.3, 0.4) is 0 Å². The van der Waals surface area contributed by atoms with Crippen LogP contribution in [-0.4, -0.2) is 50.2 Å². The van der Waals surface area contributed by atoms with Crippen molar-refractivity contribution in [1.29, 1.82) is 0 Å². The van der Waals surface area contributed by atoms with Gasteiger partial charge in [-0.15, -0.1) is 0 Å². The summed E-state index contributed by atoms with van der Waals surface area (Å²) in [5, 5.41) is 2.94. The molecule has 0 bridgehead atoms. The average molecular weight is 316 g/mol. The van der Waals surface area contributed by atoms with Crippen LogP contribution >= 0.6 is 0 Å². The number of rotatable bonds is 7. The minimum Gasteiger partial charge on any atom is -0.379 e. The average Bonchev–Trinajstić information content (AvgIpc) is 2.58. The summed E-state index contributed by atoms with van der Waals surface area (Å²) in [5.41, 5.74) is 2.37. The molecule has 1 aromatic rings. The van der Waals surface area contributed by atoms with Crippen molar-refractivity contribution in [3.63, 3.8) is 0 Å². The molecule has 0 spiro atoms. The van der Waals surface area contributed by atoms with E-state index in [4.69, 9.17) is 4.74 Å². The zero-order valence-electron chi connectivity index (χ0n) is 14.3. The Morgan fingerprint density at radius 3 is 2.61 bits per heavy atom. The highest BCUT2D eigenvalue weighted by molar-refractivity contribution is 5.91. The van der Waals surface area contributed by atoms with Crippen molar-refractivity contribution >= 4 is 12.0 Å². The van der Waals surface area contributed by atoms with Crippen LogP contribution in [0.15, 0.2) is 30.3 Å². The first-order valence-electron chi connectivity index (χ1n) is 8.51. The lowest BCUT2D eigenvalue weighted by atomic mass is 10.0. The van der Waals surface area contributed by atoms with E-state index in [-0.39, 0.29) is 5.91 Å². The Kier molecular flexibility index (Phi) is 7.30. The van der Waals surface area contributed by atoms with E-state index in [1.54, 1.807) is 6.08 Å². The third-order valence-electron chi connectivity index (χ3n) is 4.08. The molecule has 0 aromatic heterocycles. The second-order valence-corrected chi connectivity index (χ2v) is 6.25. The van der Waals surface area contributed by atoms with Crippen LogP contribution in [0, 0.1) is 0 Å². The Balaban J connectivity index is 1.65. The third kappa shape index (κ3) is 6.55. The Bertz CT molecular complexity index is 503. The second kappa shape index (κ2) is 9.48. The summed E-state index contributed by atoms with van der Waals surface area (Å²) < 4.78 is 5.32. The summed E-state index contributed by atoms with van der Waals surface area (Å²) in [6, 6.07) is 8.34. The zero-order valence-corrected chi connectivity index (χ0v) is 14.3. The molecule has 1 aliphatic heterocycles. The van der Waals surface area contributed by atoms with Crippen LogP contribution in [0.25, 0.3) is 6.08 Å². The van der Waals surface area contributed by atoms with Crippen molar-refractivity contribution in [2.45, 2.75) is 26.2 Å². The number of morpholine rings is 1. The maximum Gasteiger partial charge on any atom is 0.243 e. The van der Waals surface area contributed by atoms with Gasteiger partial charge in [0.15, 0.2) is 0 Å². The molecule has 0 atom stereocenters. The predicted octanol–water partition coefficient (Wildman–Crippen LogP) is 2.66. The molecule has 23 heavy (non-hydrogen) atoms. The normalized spacial score (nSPS) is 16.1. The topological polar surface area (TPSA) is 41.6 Å². The summed E-state index contributed by atoms with van der Waals surface area (Å²) >= 11 is 0. The Hall–Kier alpha value is -1.65. The van der Waals surface area contributed by atoms with Gasteiger partial charge < -0.3 is 10.1 Å². The minimum atomic E-state index is -0.0279. The molecule has 4 nitrogen and oxygen atoms in total. The van der Waals surface area contributed by atoms with Gasteiger partial charge in [0.25, 0.3) is 0 Å². The van der Waals surface area contributed by atoms with Crippen molar-refractivity contribution in [2.75, 3.05) is 39.4 Å². The van der Waals surface area contributed by atoms with Gasteiger partial charge in [0.05, 0.1) is 13.2 Å². The number of nitrogens with one attached hydrogen (secondary N) is 1. The smallest absolute Gasteiger partial charge is 0.243 e. The van der Waals surface area contributed by atoms with E-state index in [0.717, 1.165) is 44.8 Å². The lowest BCUT2D eigenvalue weighted by Gasteiger charge is -2.26. The van der Waals surface area contributed by atoms with E-state index in [1.165, 1.54) is 5.56 Å². The fraction of sp³-hybridized carbons (Fsp3) is 0.526. The molecule has 126 valence electrons. The number of hydrogen-bond acceptors (Lipinski definition) is 3. The first kappa shape index (κ1) is 17.7. The van der Waals surface area contributed by atoms with Gasteiger partial charge in [0.2, 0.25) is 5.91 Å². The summed E-state index contributed by atoms with van der Waals surface area (Å²) in [4.78, 5) is 14.2. The van der Waals surface area contributed by atoms with Crippen molar-refractivity contribution in [2.24, 2.45) is 0 Å². The molecule has 2 rings (SSSR count). The molecule has 1 N–H and O–H groups in total. The molecule has 1 aromatic carbocycles. The number of carbonyl (C=O) groups is 1.